The molecule has 1 heterocycles. The van der Waals surface area contributed by atoms with E-state index in [1.54, 1.807) is 6.92 Å². The van der Waals surface area contributed by atoms with Crippen LogP contribution in [0.1, 0.15) is 20.3 Å². The van der Waals surface area contributed by atoms with Crippen LogP contribution in [0.15, 0.2) is 0 Å². The second-order valence-electron chi connectivity index (χ2n) is 4.90. The first-order valence-electron chi connectivity index (χ1n) is 7.17. The van der Waals surface area contributed by atoms with Gasteiger partial charge in [-0.1, -0.05) is 6.92 Å². The zero-order chi connectivity index (χ0) is 15.0. The SMILES string of the molecule is CCOC(=O)C(CC)CNCC1CN(C(=O)O)CCN1. The maximum Gasteiger partial charge on any atom is 0.407 e. The fourth-order valence-corrected chi connectivity index (χ4v) is 2.22. The molecule has 0 bridgehead atoms. The van der Waals surface area contributed by atoms with E-state index in [0.29, 0.717) is 39.3 Å². The van der Waals surface area contributed by atoms with Crippen molar-refractivity contribution in [1.82, 2.24) is 15.5 Å². The minimum atomic E-state index is -0.880. The molecule has 0 aromatic rings. The molecular weight excluding hydrogens is 262 g/mol. The number of esters is 1. The van der Waals surface area contributed by atoms with Gasteiger partial charge in [-0.15, -0.1) is 0 Å². The lowest BCUT2D eigenvalue weighted by Crippen LogP contribution is -2.56. The predicted octanol–water partition coefficient (Wildman–Crippen LogP) is 0.117. The number of nitrogens with zero attached hydrogens (tertiary/aromatic N) is 1. The molecule has 7 heteroatoms. The minimum absolute atomic E-state index is 0.0829. The summed E-state index contributed by atoms with van der Waals surface area (Å²) in [6, 6.07) is 0.0829. The summed E-state index contributed by atoms with van der Waals surface area (Å²) in [6.45, 7) is 6.99. The first kappa shape index (κ1) is 16.7. The zero-order valence-electron chi connectivity index (χ0n) is 12.2. The number of carbonyl (C=O) groups is 2. The number of ether oxygens (including phenoxy) is 1. The van der Waals surface area contributed by atoms with Gasteiger partial charge in [0.05, 0.1) is 12.5 Å². The number of hydrogen-bond donors (Lipinski definition) is 3. The number of hydrogen-bond acceptors (Lipinski definition) is 5. The van der Waals surface area contributed by atoms with Gasteiger partial charge < -0.3 is 25.4 Å². The molecule has 0 saturated carbocycles. The van der Waals surface area contributed by atoms with Crippen LogP contribution in [0.2, 0.25) is 0 Å². The van der Waals surface area contributed by atoms with E-state index in [4.69, 9.17) is 9.84 Å². The summed E-state index contributed by atoms with van der Waals surface area (Å²) < 4.78 is 5.01. The monoisotopic (exact) mass is 287 g/mol. The van der Waals surface area contributed by atoms with Gasteiger partial charge in [0, 0.05) is 38.8 Å². The highest BCUT2D eigenvalue weighted by atomic mass is 16.5. The molecule has 7 nitrogen and oxygen atoms in total. The molecule has 20 heavy (non-hydrogen) atoms. The molecular formula is C13H25N3O4. The number of nitrogens with one attached hydrogen (secondary N) is 2. The molecule has 2 atom stereocenters. The Morgan fingerprint density at radius 2 is 2.25 bits per heavy atom. The second-order valence-corrected chi connectivity index (χ2v) is 4.90. The predicted molar refractivity (Wildman–Crippen MR) is 74.7 cm³/mol. The van der Waals surface area contributed by atoms with Crippen LogP contribution in [0.4, 0.5) is 4.79 Å². The average Bonchev–Trinajstić information content (AvgIpc) is 2.44. The number of amides is 1. The maximum absolute atomic E-state index is 11.6. The van der Waals surface area contributed by atoms with Crippen LogP contribution in [0.5, 0.6) is 0 Å². The molecule has 116 valence electrons. The Morgan fingerprint density at radius 3 is 2.85 bits per heavy atom. The summed E-state index contributed by atoms with van der Waals surface area (Å²) in [6.07, 6.45) is -0.153. The van der Waals surface area contributed by atoms with Crippen molar-refractivity contribution in [3.63, 3.8) is 0 Å². The van der Waals surface area contributed by atoms with Crippen molar-refractivity contribution in [1.29, 1.82) is 0 Å². The van der Waals surface area contributed by atoms with E-state index in [1.807, 2.05) is 6.92 Å². The molecule has 0 radical (unpaired) electrons. The first-order valence-corrected chi connectivity index (χ1v) is 7.17. The summed E-state index contributed by atoms with van der Waals surface area (Å²) in [5.74, 6) is -0.319. The van der Waals surface area contributed by atoms with E-state index in [9.17, 15) is 9.59 Å². The Kier molecular flexibility index (Phi) is 7.32. The quantitative estimate of drug-likeness (QED) is 0.576. The number of rotatable bonds is 7. The lowest BCUT2D eigenvalue weighted by molar-refractivity contribution is -0.147. The smallest absolute Gasteiger partial charge is 0.407 e. The molecule has 1 aliphatic heterocycles. The van der Waals surface area contributed by atoms with Crippen molar-refractivity contribution in [2.75, 3.05) is 39.3 Å². The molecule has 0 aliphatic carbocycles. The lowest BCUT2D eigenvalue weighted by Gasteiger charge is -2.32. The van der Waals surface area contributed by atoms with Gasteiger partial charge in [0.25, 0.3) is 0 Å². The van der Waals surface area contributed by atoms with E-state index >= 15 is 0 Å². The maximum atomic E-state index is 11.6. The topological polar surface area (TPSA) is 90.9 Å². The van der Waals surface area contributed by atoms with Crippen molar-refractivity contribution in [3.05, 3.63) is 0 Å². The summed E-state index contributed by atoms with van der Waals surface area (Å²) in [7, 11) is 0. The lowest BCUT2D eigenvalue weighted by atomic mass is 10.1. The molecule has 1 rings (SSSR count). The van der Waals surface area contributed by atoms with E-state index in [0.717, 1.165) is 6.42 Å². The average molecular weight is 287 g/mol. The molecule has 0 spiro atoms. The van der Waals surface area contributed by atoms with Crippen LogP contribution in [-0.4, -0.2) is 67.4 Å². The van der Waals surface area contributed by atoms with E-state index < -0.39 is 6.09 Å². The largest absolute Gasteiger partial charge is 0.466 e. The fraction of sp³-hybridized carbons (Fsp3) is 0.846. The number of carbonyl (C=O) groups excluding carboxylic acids is 1. The van der Waals surface area contributed by atoms with Crippen LogP contribution < -0.4 is 10.6 Å². The van der Waals surface area contributed by atoms with Crippen molar-refractivity contribution in [3.8, 4) is 0 Å². The van der Waals surface area contributed by atoms with Gasteiger partial charge in [0.15, 0.2) is 0 Å². The summed E-state index contributed by atoms with van der Waals surface area (Å²) in [4.78, 5) is 23.9. The number of carboxylic acid groups (broad SMARTS) is 1. The second kappa shape index (κ2) is 8.76. The van der Waals surface area contributed by atoms with E-state index in [-0.39, 0.29) is 17.9 Å². The third kappa shape index (κ3) is 5.34. The van der Waals surface area contributed by atoms with Gasteiger partial charge >= 0.3 is 12.1 Å². The molecule has 2 unspecified atom stereocenters. The van der Waals surface area contributed by atoms with Crippen LogP contribution in [0.25, 0.3) is 0 Å². The van der Waals surface area contributed by atoms with Crippen molar-refractivity contribution in [2.24, 2.45) is 5.92 Å². The van der Waals surface area contributed by atoms with Crippen LogP contribution in [-0.2, 0) is 9.53 Å². The Morgan fingerprint density at radius 1 is 1.50 bits per heavy atom. The van der Waals surface area contributed by atoms with Gasteiger partial charge in [0.1, 0.15) is 0 Å². The third-order valence-electron chi connectivity index (χ3n) is 3.42. The molecule has 0 aromatic carbocycles. The highest BCUT2D eigenvalue weighted by Gasteiger charge is 2.23. The summed E-state index contributed by atoms with van der Waals surface area (Å²) in [5.41, 5.74) is 0. The third-order valence-corrected chi connectivity index (χ3v) is 3.42. The van der Waals surface area contributed by atoms with Crippen LogP contribution in [0.3, 0.4) is 0 Å². The Balaban J connectivity index is 2.28. The summed E-state index contributed by atoms with van der Waals surface area (Å²) in [5, 5.41) is 15.4. The Bertz CT molecular complexity index is 325. The van der Waals surface area contributed by atoms with Gasteiger partial charge in [-0.25, -0.2) is 4.79 Å². The van der Waals surface area contributed by atoms with E-state index in [2.05, 4.69) is 10.6 Å². The van der Waals surface area contributed by atoms with Crippen molar-refractivity contribution >= 4 is 12.1 Å². The fourth-order valence-electron chi connectivity index (χ4n) is 2.22. The van der Waals surface area contributed by atoms with Crippen molar-refractivity contribution < 1.29 is 19.4 Å². The van der Waals surface area contributed by atoms with Crippen molar-refractivity contribution in [2.45, 2.75) is 26.3 Å². The van der Waals surface area contributed by atoms with Gasteiger partial charge in [-0.3, -0.25) is 4.79 Å². The summed E-state index contributed by atoms with van der Waals surface area (Å²) >= 11 is 0. The highest BCUT2D eigenvalue weighted by Crippen LogP contribution is 2.04. The molecule has 1 aliphatic rings. The standard InChI is InChI=1S/C13H25N3O4/c1-3-10(12(17)20-4-2)7-14-8-11-9-16(13(18)19)6-5-15-11/h10-11,14-15H,3-9H2,1-2H3,(H,18,19). The van der Waals surface area contributed by atoms with Gasteiger partial charge in [0.2, 0.25) is 0 Å². The molecule has 1 fully saturated rings. The van der Waals surface area contributed by atoms with E-state index in [1.165, 1.54) is 4.90 Å². The van der Waals surface area contributed by atoms with Gasteiger partial charge in [-0.2, -0.15) is 0 Å². The Labute approximate surface area is 119 Å². The van der Waals surface area contributed by atoms with Gasteiger partial charge in [-0.05, 0) is 13.3 Å². The normalized spacial score (nSPS) is 20.5. The molecule has 3 N–H and O–H groups in total. The molecule has 1 saturated heterocycles. The van der Waals surface area contributed by atoms with Crippen LogP contribution in [0, 0.1) is 5.92 Å². The Hall–Kier alpha value is -1.34. The highest BCUT2D eigenvalue weighted by molar-refractivity contribution is 5.72. The van der Waals surface area contributed by atoms with Crippen LogP contribution >= 0.6 is 0 Å². The molecule has 0 aromatic heterocycles. The molecule has 1 amide bonds. The first-order chi connectivity index (χ1) is 9.58. The zero-order valence-corrected chi connectivity index (χ0v) is 12.2. The minimum Gasteiger partial charge on any atom is -0.466 e. The number of piperazine rings is 1.